The van der Waals surface area contributed by atoms with E-state index in [4.69, 9.17) is 18.3 Å². The Labute approximate surface area is 157 Å². The van der Waals surface area contributed by atoms with Crippen LogP contribution in [-0.2, 0) is 20.4 Å². The molecule has 3 heterocycles. The highest BCUT2D eigenvalue weighted by molar-refractivity contribution is 7.42. The molecule has 0 radical (unpaired) electrons. The summed E-state index contributed by atoms with van der Waals surface area (Å²) in [6.07, 6.45) is 2.30. The number of para-hydroxylation sites is 1. The van der Waals surface area contributed by atoms with Crippen LogP contribution in [0.25, 0.3) is 0 Å². The lowest BCUT2D eigenvalue weighted by molar-refractivity contribution is -0.0229. The van der Waals surface area contributed by atoms with Crippen molar-refractivity contribution in [3.8, 4) is 5.75 Å². The molecule has 0 aliphatic carbocycles. The van der Waals surface area contributed by atoms with Gasteiger partial charge in [-0.2, -0.15) is 0 Å². The van der Waals surface area contributed by atoms with Crippen LogP contribution in [-0.4, -0.2) is 22.3 Å². The fraction of sp³-hybridized carbons (Fsp3) is 0.333. The Hall–Kier alpha value is -2.25. The summed E-state index contributed by atoms with van der Waals surface area (Å²) < 4.78 is 24.2. The molecule has 2 aliphatic rings. The average Bonchev–Trinajstić information content (AvgIpc) is 3.16. The number of hydrogen-bond acceptors (Lipinski definition) is 6. The van der Waals surface area contributed by atoms with Crippen LogP contribution in [0.3, 0.4) is 0 Å². The first-order chi connectivity index (χ1) is 13.2. The third-order valence-electron chi connectivity index (χ3n) is 4.08. The summed E-state index contributed by atoms with van der Waals surface area (Å²) in [7, 11) is -1.45. The van der Waals surface area contributed by atoms with Crippen molar-refractivity contribution in [3.05, 3.63) is 76.1 Å². The van der Waals surface area contributed by atoms with Gasteiger partial charge in [-0.25, -0.2) is 4.79 Å². The molecule has 9 heteroatoms. The van der Waals surface area contributed by atoms with Gasteiger partial charge in [0.2, 0.25) is 0 Å². The van der Waals surface area contributed by atoms with Gasteiger partial charge in [0.05, 0.1) is 19.3 Å². The molecule has 27 heavy (non-hydrogen) atoms. The maximum absolute atomic E-state index is 11.8. The molecular formula is C18H21N2O6P. The number of nitrogens with one attached hydrogen (secondary N) is 1. The molecule has 3 atom stereocenters. The molecule has 1 saturated heterocycles. The van der Waals surface area contributed by atoms with E-state index in [9.17, 15) is 9.59 Å². The van der Waals surface area contributed by atoms with Gasteiger partial charge < -0.3 is 9.26 Å². The molecule has 0 spiro atoms. The number of ether oxygens (including phenoxy) is 1. The largest absolute Gasteiger partial charge is 0.426 e. The van der Waals surface area contributed by atoms with Crippen LogP contribution < -0.4 is 15.8 Å². The summed E-state index contributed by atoms with van der Waals surface area (Å²) in [5.74, 6) is 0.782. The monoisotopic (exact) mass is 392 g/mol. The molecule has 8 nitrogen and oxygen atoms in total. The van der Waals surface area contributed by atoms with Gasteiger partial charge in [0.1, 0.15) is 12.0 Å². The van der Waals surface area contributed by atoms with E-state index in [0.717, 1.165) is 17.7 Å². The minimum Gasteiger partial charge on any atom is -0.426 e. The standard InChI is InChI=1S/C16H17N2O6P.C2H4/c19-14-7-8-18(16(20)17-14)15-6-5-12(23-15)10-22-25-21-9-11-3-1-2-4-13(11)24-25;1-2/h1-4,7-8,12,15H,5-6,9-10H2,(H,17,19,20);1-2H2. The Morgan fingerprint density at radius 2 is 2.04 bits per heavy atom. The lowest BCUT2D eigenvalue weighted by Crippen LogP contribution is -2.31. The normalized spacial score (nSPS) is 23.6. The van der Waals surface area contributed by atoms with E-state index >= 15 is 0 Å². The van der Waals surface area contributed by atoms with Crippen molar-refractivity contribution in [1.82, 2.24) is 9.55 Å². The topological polar surface area (TPSA) is 91.8 Å². The number of benzene rings is 1. The van der Waals surface area contributed by atoms with Crippen LogP contribution in [0.5, 0.6) is 5.75 Å². The number of nitrogens with zero attached hydrogens (tertiary/aromatic N) is 1. The van der Waals surface area contributed by atoms with Gasteiger partial charge in [0.15, 0.2) is 0 Å². The van der Waals surface area contributed by atoms with Crippen molar-refractivity contribution in [2.45, 2.75) is 31.8 Å². The Morgan fingerprint density at radius 1 is 1.22 bits per heavy atom. The summed E-state index contributed by atoms with van der Waals surface area (Å²) in [4.78, 5) is 25.2. The highest BCUT2D eigenvalue weighted by atomic mass is 31.2. The van der Waals surface area contributed by atoms with Crippen molar-refractivity contribution in [3.63, 3.8) is 0 Å². The third-order valence-corrected chi connectivity index (χ3v) is 5.13. The third kappa shape index (κ3) is 4.73. The minimum atomic E-state index is -1.45. The molecule has 1 aromatic carbocycles. The van der Waals surface area contributed by atoms with Gasteiger partial charge in [-0.05, 0) is 18.9 Å². The molecule has 0 amide bonds. The van der Waals surface area contributed by atoms with Crippen molar-refractivity contribution in [1.29, 1.82) is 0 Å². The molecule has 0 bridgehead atoms. The van der Waals surface area contributed by atoms with E-state index in [0.29, 0.717) is 19.6 Å². The molecule has 1 N–H and O–H groups in total. The molecule has 4 rings (SSSR count). The molecular weight excluding hydrogens is 371 g/mol. The van der Waals surface area contributed by atoms with E-state index in [-0.39, 0.29) is 6.10 Å². The molecule has 0 saturated carbocycles. The van der Waals surface area contributed by atoms with Crippen LogP contribution in [0.2, 0.25) is 0 Å². The summed E-state index contributed by atoms with van der Waals surface area (Å²) in [6, 6.07) is 8.99. The number of H-pyrrole nitrogens is 1. The van der Waals surface area contributed by atoms with Crippen LogP contribution >= 0.6 is 8.60 Å². The van der Waals surface area contributed by atoms with E-state index in [1.54, 1.807) is 0 Å². The smallest absolute Gasteiger partial charge is 0.397 e. The SMILES string of the molecule is C=C.O=c1ccn(C2CCC(COP3OCc4ccccc4O3)O2)c(=O)[nH]1. The molecule has 1 aromatic heterocycles. The van der Waals surface area contributed by atoms with Gasteiger partial charge in [0, 0.05) is 17.8 Å². The summed E-state index contributed by atoms with van der Waals surface area (Å²) >= 11 is 0. The lowest BCUT2D eigenvalue weighted by atomic mass is 10.2. The van der Waals surface area contributed by atoms with Crippen LogP contribution in [0.15, 0.2) is 59.3 Å². The van der Waals surface area contributed by atoms with Crippen LogP contribution in [0, 0.1) is 0 Å². The molecule has 1 fully saturated rings. The molecule has 3 unspecified atom stereocenters. The summed E-state index contributed by atoms with van der Waals surface area (Å²) in [5.41, 5.74) is 0.104. The second kappa shape index (κ2) is 9.10. The van der Waals surface area contributed by atoms with Crippen molar-refractivity contribution in [2.24, 2.45) is 0 Å². The van der Waals surface area contributed by atoms with Crippen LogP contribution in [0.1, 0.15) is 24.6 Å². The van der Waals surface area contributed by atoms with Crippen molar-refractivity contribution < 1.29 is 18.3 Å². The maximum atomic E-state index is 11.8. The fourth-order valence-corrected chi connectivity index (χ4v) is 3.87. The van der Waals surface area contributed by atoms with Gasteiger partial charge >= 0.3 is 14.3 Å². The van der Waals surface area contributed by atoms with E-state index in [1.165, 1.54) is 16.8 Å². The summed E-state index contributed by atoms with van der Waals surface area (Å²) in [5, 5.41) is 0. The quantitative estimate of drug-likeness (QED) is 0.636. The summed E-state index contributed by atoms with van der Waals surface area (Å²) in [6.45, 7) is 6.78. The van der Waals surface area contributed by atoms with E-state index < -0.39 is 26.1 Å². The fourth-order valence-electron chi connectivity index (χ4n) is 2.82. The van der Waals surface area contributed by atoms with Crippen molar-refractivity contribution >= 4 is 8.60 Å². The van der Waals surface area contributed by atoms with Gasteiger partial charge in [-0.1, -0.05) is 18.2 Å². The first-order valence-electron chi connectivity index (χ1n) is 8.48. The van der Waals surface area contributed by atoms with Gasteiger partial charge in [-0.15, -0.1) is 13.2 Å². The molecule has 2 aromatic rings. The number of hydrogen-bond donors (Lipinski definition) is 1. The van der Waals surface area contributed by atoms with E-state index in [1.807, 2.05) is 24.3 Å². The van der Waals surface area contributed by atoms with E-state index in [2.05, 4.69) is 18.1 Å². The Bertz CT molecular complexity index is 882. The highest BCUT2D eigenvalue weighted by Gasteiger charge is 2.30. The number of rotatable bonds is 4. The number of aromatic amines is 1. The predicted octanol–water partition coefficient (Wildman–Crippen LogP) is 2.87. The Kier molecular flexibility index (Phi) is 6.58. The first-order valence-corrected chi connectivity index (χ1v) is 9.57. The number of fused-ring (bicyclic) bond motifs is 1. The first kappa shape index (κ1) is 19.5. The Balaban J connectivity index is 0.00000102. The lowest BCUT2D eigenvalue weighted by Gasteiger charge is -2.24. The van der Waals surface area contributed by atoms with Crippen LogP contribution in [0.4, 0.5) is 0 Å². The zero-order chi connectivity index (χ0) is 19.2. The van der Waals surface area contributed by atoms with Crippen molar-refractivity contribution in [2.75, 3.05) is 6.61 Å². The maximum Gasteiger partial charge on any atom is 0.397 e. The zero-order valence-corrected chi connectivity index (χ0v) is 15.6. The second-order valence-electron chi connectivity index (χ2n) is 5.80. The molecule has 2 aliphatic heterocycles. The zero-order valence-electron chi connectivity index (χ0n) is 14.7. The predicted molar refractivity (Wildman–Crippen MR) is 100 cm³/mol. The van der Waals surface area contributed by atoms with Gasteiger partial charge in [-0.3, -0.25) is 23.4 Å². The highest BCUT2D eigenvalue weighted by Crippen LogP contribution is 2.47. The number of aromatic nitrogens is 2. The average molecular weight is 392 g/mol. The Morgan fingerprint density at radius 3 is 2.85 bits per heavy atom. The second-order valence-corrected chi connectivity index (χ2v) is 6.95. The van der Waals surface area contributed by atoms with Gasteiger partial charge in [0.25, 0.3) is 5.56 Å². The minimum absolute atomic E-state index is 0.157. The molecule has 144 valence electrons.